The van der Waals surface area contributed by atoms with Crippen molar-refractivity contribution in [3.8, 4) is 0 Å². The first-order valence-electron chi connectivity index (χ1n) is 21.1. The summed E-state index contributed by atoms with van der Waals surface area (Å²) in [6.07, 6.45) is 10.6. The third-order valence-electron chi connectivity index (χ3n) is 10.8. The molecule has 0 fully saturated rings. The van der Waals surface area contributed by atoms with Crippen LogP contribution in [0.3, 0.4) is 0 Å². The molecule has 288 valence electrons. The zero-order chi connectivity index (χ0) is 39.2. The molecule has 0 aromatic heterocycles. The molecule has 0 saturated heterocycles. The summed E-state index contributed by atoms with van der Waals surface area (Å²) in [4.78, 5) is 7.07. The SMILES string of the molecule is CCCCc1ccc(N(c2ccccc2)c2ccc(N(c3ccccc3)c3ccc(N(c4ccc(CCCC)cc4)c4ccc(CCCC)cc4)cc3)cc2)cc1. The molecule has 0 atom stereocenters. The number of benzene rings is 7. The number of rotatable bonds is 18. The molecular formula is C54H57N3. The molecule has 57 heavy (non-hydrogen) atoms. The smallest absolute Gasteiger partial charge is 0.0463 e. The maximum absolute atomic E-state index is 2.38. The zero-order valence-electron chi connectivity index (χ0n) is 34.0. The summed E-state index contributed by atoms with van der Waals surface area (Å²) >= 11 is 0. The van der Waals surface area contributed by atoms with Gasteiger partial charge in [-0.3, -0.25) is 0 Å². The van der Waals surface area contributed by atoms with Crippen molar-refractivity contribution < 1.29 is 0 Å². The third-order valence-corrected chi connectivity index (χ3v) is 10.8. The first kappa shape index (κ1) is 39.2. The molecule has 3 nitrogen and oxygen atoms in total. The molecule has 7 aromatic rings. The van der Waals surface area contributed by atoms with E-state index < -0.39 is 0 Å². The summed E-state index contributed by atoms with van der Waals surface area (Å²) in [6.45, 7) is 6.76. The monoisotopic (exact) mass is 747 g/mol. The van der Waals surface area contributed by atoms with E-state index in [0.717, 1.165) is 59.1 Å². The highest BCUT2D eigenvalue weighted by atomic mass is 15.2. The van der Waals surface area contributed by atoms with Crippen LogP contribution in [0.4, 0.5) is 51.2 Å². The molecule has 0 unspecified atom stereocenters. The largest absolute Gasteiger partial charge is 0.311 e. The molecule has 0 heterocycles. The van der Waals surface area contributed by atoms with Crippen molar-refractivity contribution in [3.05, 3.63) is 199 Å². The fraction of sp³-hybridized carbons (Fsp3) is 0.222. The minimum absolute atomic E-state index is 1.10. The van der Waals surface area contributed by atoms with Gasteiger partial charge in [0.05, 0.1) is 0 Å². The Morgan fingerprint density at radius 1 is 0.246 bits per heavy atom. The fourth-order valence-electron chi connectivity index (χ4n) is 7.58. The number of hydrogen-bond acceptors (Lipinski definition) is 3. The normalized spacial score (nSPS) is 11.0. The van der Waals surface area contributed by atoms with Gasteiger partial charge in [-0.1, -0.05) is 113 Å². The second-order valence-electron chi connectivity index (χ2n) is 15.0. The molecule has 7 aromatic carbocycles. The molecular weight excluding hydrogens is 691 g/mol. The highest BCUT2D eigenvalue weighted by Gasteiger charge is 2.18. The summed E-state index contributed by atoms with van der Waals surface area (Å²) in [5.41, 5.74) is 14.4. The lowest BCUT2D eigenvalue weighted by Gasteiger charge is -2.29. The van der Waals surface area contributed by atoms with Crippen LogP contribution in [0.15, 0.2) is 182 Å². The fourth-order valence-corrected chi connectivity index (χ4v) is 7.58. The zero-order valence-corrected chi connectivity index (χ0v) is 34.0. The molecule has 0 N–H and O–H groups in total. The van der Waals surface area contributed by atoms with Gasteiger partial charge in [-0.15, -0.1) is 0 Å². The van der Waals surface area contributed by atoms with Crippen molar-refractivity contribution >= 4 is 51.2 Å². The van der Waals surface area contributed by atoms with Crippen LogP contribution in [0.1, 0.15) is 76.0 Å². The van der Waals surface area contributed by atoms with Crippen LogP contribution in [0.25, 0.3) is 0 Å². The number of unbranched alkanes of at least 4 members (excludes halogenated alkanes) is 3. The number of anilines is 9. The van der Waals surface area contributed by atoms with Crippen LogP contribution in [-0.4, -0.2) is 0 Å². The summed E-state index contributed by atoms with van der Waals surface area (Å²) in [7, 11) is 0. The van der Waals surface area contributed by atoms with E-state index in [1.54, 1.807) is 0 Å². The van der Waals surface area contributed by atoms with Crippen molar-refractivity contribution in [1.29, 1.82) is 0 Å². The molecule has 7 rings (SSSR count). The average Bonchev–Trinajstić information content (AvgIpc) is 3.27. The lowest BCUT2D eigenvalue weighted by molar-refractivity contribution is 0.795. The molecule has 0 spiro atoms. The first-order valence-corrected chi connectivity index (χ1v) is 21.1. The second-order valence-corrected chi connectivity index (χ2v) is 15.0. The van der Waals surface area contributed by atoms with E-state index in [-0.39, 0.29) is 0 Å². The van der Waals surface area contributed by atoms with Gasteiger partial charge in [0.15, 0.2) is 0 Å². The number of aryl methyl sites for hydroxylation is 3. The maximum atomic E-state index is 2.38. The van der Waals surface area contributed by atoms with Crippen LogP contribution in [0, 0.1) is 0 Å². The van der Waals surface area contributed by atoms with Crippen molar-refractivity contribution in [3.63, 3.8) is 0 Å². The van der Waals surface area contributed by atoms with E-state index in [1.807, 2.05) is 0 Å². The Kier molecular flexibility index (Phi) is 13.5. The van der Waals surface area contributed by atoms with Crippen molar-refractivity contribution in [2.75, 3.05) is 14.7 Å². The van der Waals surface area contributed by atoms with Crippen LogP contribution in [-0.2, 0) is 19.3 Å². The average molecular weight is 748 g/mol. The molecule has 0 aliphatic rings. The quantitative estimate of drug-likeness (QED) is 0.0865. The van der Waals surface area contributed by atoms with Gasteiger partial charge >= 0.3 is 0 Å². The predicted molar refractivity (Wildman–Crippen MR) is 246 cm³/mol. The number of para-hydroxylation sites is 2. The predicted octanol–water partition coefficient (Wildman–Crippen LogP) is 16.1. The molecule has 0 bridgehead atoms. The molecule has 0 saturated carbocycles. The molecule has 3 heteroatoms. The van der Waals surface area contributed by atoms with Crippen molar-refractivity contribution in [1.82, 2.24) is 0 Å². The summed E-state index contributed by atoms with van der Waals surface area (Å²) in [5.74, 6) is 0. The Morgan fingerprint density at radius 3 is 0.649 bits per heavy atom. The van der Waals surface area contributed by atoms with E-state index in [9.17, 15) is 0 Å². The Hall–Kier alpha value is -6.06. The molecule has 0 amide bonds. The van der Waals surface area contributed by atoms with Crippen molar-refractivity contribution in [2.45, 2.75) is 78.6 Å². The summed E-state index contributed by atoms with van der Waals surface area (Å²) in [6, 6.07) is 66.7. The van der Waals surface area contributed by atoms with Gasteiger partial charge in [0.2, 0.25) is 0 Å². The van der Waals surface area contributed by atoms with Gasteiger partial charge in [-0.2, -0.15) is 0 Å². The minimum atomic E-state index is 1.10. The van der Waals surface area contributed by atoms with E-state index >= 15 is 0 Å². The first-order chi connectivity index (χ1) is 28.1. The van der Waals surface area contributed by atoms with Gasteiger partial charge < -0.3 is 14.7 Å². The summed E-state index contributed by atoms with van der Waals surface area (Å²) < 4.78 is 0. The van der Waals surface area contributed by atoms with Crippen molar-refractivity contribution in [2.24, 2.45) is 0 Å². The molecule has 0 radical (unpaired) electrons. The Labute approximate surface area is 341 Å². The van der Waals surface area contributed by atoms with Gasteiger partial charge in [0.1, 0.15) is 0 Å². The third kappa shape index (κ3) is 9.85. The highest BCUT2D eigenvalue weighted by molar-refractivity contribution is 5.83. The second kappa shape index (κ2) is 19.7. The highest BCUT2D eigenvalue weighted by Crippen LogP contribution is 2.41. The van der Waals surface area contributed by atoms with Crippen LogP contribution < -0.4 is 14.7 Å². The Morgan fingerprint density at radius 2 is 0.439 bits per heavy atom. The topological polar surface area (TPSA) is 9.72 Å². The Bertz CT molecular complexity index is 2160. The van der Waals surface area contributed by atoms with E-state index in [0.29, 0.717) is 0 Å². The molecule has 0 aliphatic carbocycles. The number of nitrogens with zero attached hydrogens (tertiary/aromatic N) is 3. The minimum Gasteiger partial charge on any atom is -0.311 e. The van der Waals surface area contributed by atoms with Gasteiger partial charge in [-0.05, 0) is 164 Å². The van der Waals surface area contributed by atoms with Gasteiger partial charge in [-0.25, -0.2) is 0 Å². The standard InChI is InChI=1S/C54H57N3/c1-4-7-16-43-23-29-48(30-24-43)55(46-19-12-10-13-20-46)51-35-37-52(38-36-51)56(47-21-14-11-15-22-47)53-39-41-54(42-40-53)57(49-31-25-44(26-32-49)17-8-5-2)50-33-27-45(28-34-50)18-9-6-3/h10-15,19-42H,4-9,16-18H2,1-3H3. The van der Waals surface area contributed by atoms with Crippen LogP contribution in [0.5, 0.6) is 0 Å². The lowest BCUT2D eigenvalue weighted by atomic mass is 10.1. The molecule has 0 aliphatic heterocycles. The number of hydrogen-bond donors (Lipinski definition) is 0. The van der Waals surface area contributed by atoms with Gasteiger partial charge in [0.25, 0.3) is 0 Å². The Balaban J connectivity index is 1.22. The van der Waals surface area contributed by atoms with Gasteiger partial charge in [0, 0.05) is 51.2 Å². The maximum Gasteiger partial charge on any atom is 0.0463 e. The van der Waals surface area contributed by atoms with E-state index in [1.165, 1.54) is 66.6 Å². The summed E-state index contributed by atoms with van der Waals surface area (Å²) in [5, 5.41) is 0. The van der Waals surface area contributed by atoms with Crippen LogP contribution >= 0.6 is 0 Å². The lowest BCUT2D eigenvalue weighted by Crippen LogP contribution is -2.13. The van der Waals surface area contributed by atoms with E-state index in [4.69, 9.17) is 0 Å². The van der Waals surface area contributed by atoms with Crippen LogP contribution in [0.2, 0.25) is 0 Å². The van der Waals surface area contributed by atoms with E-state index in [2.05, 4.69) is 217 Å².